The molecule has 0 radical (unpaired) electrons. The third kappa shape index (κ3) is 2.76. The summed E-state index contributed by atoms with van der Waals surface area (Å²) in [6.45, 7) is 4.82. The zero-order valence-corrected chi connectivity index (χ0v) is 9.25. The third-order valence-corrected chi connectivity index (χ3v) is 3.62. The van der Waals surface area contributed by atoms with Crippen LogP contribution in [0.5, 0.6) is 0 Å². The van der Waals surface area contributed by atoms with Gasteiger partial charge in [0.05, 0.1) is 10.6 Å². The van der Waals surface area contributed by atoms with Crippen LogP contribution in [0.25, 0.3) is 0 Å². The fourth-order valence-electron chi connectivity index (χ4n) is 1.15. The third-order valence-electron chi connectivity index (χ3n) is 1.96. The van der Waals surface area contributed by atoms with E-state index in [4.69, 9.17) is 0 Å². The Balaban J connectivity index is 3.09. The van der Waals surface area contributed by atoms with Crippen molar-refractivity contribution >= 4 is 15.6 Å². The van der Waals surface area contributed by atoms with Crippen molar-refractivity contribution in [3.63, 3.8) is 0 Å². The largest absolute Gasteiger partial charge is 0.295 e. The van der Waals surface area contributed by atoms with E-state index in [1.807, 2.05) is 0 Å². The molecule has 80 valence electrons. The van der Waals surface area contributed by atoms with Crippen LogP contribution in [0.15, 0.2) is 41.8 Å². The van der Waals surface area contributed by atoms with Crippen molar-refractivity contribution in [1.82, 2.24) is 0 Å². The predicted molar refractivity (Wildman–Crippen MR) is 58.7 cm³/mol. The molecule has 0 aliphatic heterocycles. The molecular formula is C11H12O3S. The van der Waals surface area contributed by atoms with Crippen molar-refractivity contribution in [2.75, 3.05) is 5.75 Å². The van der Waals surface area contributed by atoms with Crippen molar-refractivity contribution in [2.45, 2.75) is 11.8 Å². The Kier molecular flexibility index (Phi) is 3.42. The molecule has 4 heteroatoms. The maximum absolute atomic E-state index is 11.6. The first-order valence-electron chi connectivity index (χ1n) is 4.42. The summed E-state index contributed by atoms with van der Waals surface area (Å²) in [6, 6.07) is 5.90. The standard InChI is InChI=1S/C11H12O3S/c1-3-8-15(13,14)11-6-4-10(5-7-11)9(2)12/h3-7H,1,8H2,2H3. The molecule has 0 atom stereocenters. The first kappa shape index (κ1) is 11.7. The van der Waals surface area contributed by atoms with Gasteiger partial charge < -0.3 is 0 Å². The van der Waals surface area contributed by atoms with Crippen LogP contribution in [-0.2, 0) is 9.84 Å². The van der Waals surface area contributed by atoms with Gasteiger partial charge in [-0.25, -0.2) is 8.42 Å². The number of sulfone groups is 1. The SMILES string of the molecule is C=CCS(=O)(=O)c1ccc(C(C)=O)cc1. The highest BCUT2D eigenvalue weighted by Gasteiger charge is 2.12. The lowest BCUT2D eigenvalue weighted by molar-refractivity contribution is 0.101. The van der Waals surface area contributed by atoms with Crippen molar-refractivity contribution < 1.29 is 13.2 Å². The second-order valence-electron chi connectivity index (χ2n) is 3.15. The summed E-state index contributed by atoms with van der Waals surface area (Å²) in [7, 11) is -3.28. The number of hydrogen-bond donors (Lipinski definition) is 0. The molecule has 3 nitrogen and oxygen atoms in total. The summed E-state index contributed by atoms with van der Waals surface area (Å²) >= 11 is 0. The van der Waals surface area contributed by atoms with Gasteiger partial charge in [0.15, 0.2) is 15.6 Å². The maximum Gasteiger partial charge on any atom is 0.181 e. The van der Waals surface area contributed by atoms with Crippen molar-refractivity contribution in [1.29, 1.82) is 0 Å². The number of ketones is 1. The van der Waals surface area contributed by atoms with Gasteiger partial charge in [0.2, 0.25) is 0 Å². The van der Waals surface area contributed by atoms with Gasteiger partial charge in [-0.05, 0) is 19.1 Å². The normalized spacial score (nSPS) is 11.0. The second kappa shape index (κ2) is 4.40. The summed E-state index contributed by atoms with van der Waals surface area (Å²) in [5.74, 6) is -0.172. The molecule has 15 heavy (non-hydrogen) atoms. The molecule has 1 rings (SSSR count). The number of hydrogen-bond acceptors (Lipinski definition) is 3. The van der Waals surface area contributed by atoms with Crippen LogP contribution in [0.4, 0.5) is 0 Å². The minimum Gasteiger partial charge on any atom is -0.295 e. The summed E-state index contributed by atoms with van der Waals surface area (Å²) in [5.41, 5.74) is 0.507. The zero-order valence-electron chi connectivity index (χ0n) is 8.43. The molecule has 0 heterocycles. The van der Waals surface area contributed by atoms with E-state index in [0.717, 1.165) is 0 Å². The molecule has 0 N–H and O–H groups in total. The molecule has 0 aliphatic rings. The van der Waals surface area contributed by atoms with E-state index in [2.05, 4.69) is 6.58 Å². The minimum atomic E-state index is -3.28. The molecule has 0 saturated heterocycles. The Morgan fingerprint density at radius 2 is 1.87 bits per heavy atom. The van der Waals surface area contributed by atoms with Crippen LogP contribution < -0.4 is 0 Å². The van der Waals surface area contributed by atoms with Crippen molar-refractivity contribution in [2.24, 2.45) is 0 Å². The Morgan fingerprint density at radius 1 is 1.33 bits per heavy atom. The van der Waals surface area contributed by atoms with Crippen LogP contribution in [0.2, 0.25) is 0 Å². The summed E-state index contributed by atoms with van der Waals surface area (Å²) in [5, 5.41) is 0. The van der Waals surface area contributed by atoms with Crippen LogP contribution in [0, 0.1) is 0 Å². The number of carbonyl (C=O) groups is 1. The fourth-order valence-corrected chi connectivity index (χ4v) is 2.20. The molecule has 0 unspecified atom stereocenters. The number of carbonyl (C=O) groups excluding carboxylic acids is 1. The van der Waals surface area contributed by atoms with Gasteiger partial charge in [0.25, 0.3) is 0 Å². The van der Waals surface area contributed by atoms with Crippen molar-refractivity contribution in [3.8, 4) is 0 Å². The Labute approximate surface area is 89.4 Å². The van der Waals surface area contributed by atoms with E-state index >= 15 is 0 Å². The smallest absolute Gasteiger partial charge is 0.181 e. The average molecular weight is 224 g/mol. The number of benzene rings is 1. The van der Waals surface area contributed by atoms with Gasteiger partial charge in [-0.15, -0.1) is 6.58 Å². The molecule has 0 saturated carbocycles. The van der Waals surface area contributed by atoms with E-state index in [0.29, 0.717) is 5.56 Å². The van der Waals surface area contributed by atoms with Crippen molar-refractivity contribution in [3.05, 3.63) is 42.5 Å². The van der Waals surface area contributed by atoms with Crippen LogP contribution >= 0.6 is 0 Å². The van der Waals surface area contributed by atoms with Crippen LogP contribution in [-0.4, -0.2) is 20.0 Å². The van der Waals surface area contributed by atoms with Gasteiger partial charge in [0, 0.05) is 5.56 Å². The Bertz CT molecular complexity index is 469. The highest BCUT2D eigenvalue weighted by molar-refractivity contribution is 7.91. The maximum atomic E-state index is 11.6. The Morgan fingerprint density at radius 3 is 2.27 bits per heavy atom. The van der Waals surface area contributed by atoms with E-state index < -0.39 is 9.84 Å². The molecular weight excluding hydrogens is 212 g/mol. The summed E-state index contributed by atoms with van der Waals surface area (Å²) in [6.07, 6.45) is 1.34. The summed E-state index contributed by atoms with van der Waals surface area (Å²) < 4.78 is 23.1. The molecule has 0 spiro atoms. The lowest BCUT2D eigenvalue weighted by Crippen LogP contribution is -2.04. The zero-order chi connectivity index (χ0) is 11.5. The second-order valence-corrected chi connectivity index (χ2v) is 5.18. The van der Waals surface area contributed by atoms with Crippen LogP contribution in [0.3, 0.4) is 0 Å². The van der Waals surface area contributed by atoms with E-state index in [-0.39, 0.29) is 16.4 Å². The van der Waals surface area contributed by atoms with Crippen LogP contribution in [0.1, 0.15) is 17.3 Å². The predicted octanol–water partition coefficient (Wildman–Crippen LogP) is 1.85. The van der Waals surface area contributed by atoms with Gasteiger partial charge in [-0.1, -0.05) is 18.2 Å². The summed E-state index contributed by atoms with van der Waals surface area (Å²) in [4.78, 5) is 11.2. The Hall–Kier alpha value is -1.42. The van der Waals surface area contributed by atoms with Gasteiger partial charge in [-0.3, -0.25) is 4.79 Å². The van der Waals surface area contributed by atoms with Gasteiger partial charge >= 0.3 is 0 Å². The first-order valence-corrected chi connectivity index (χ1v) is 6.07. The topological polar surface area (TPSA) is 51.2 Å². The van der Waals surface area contributed by atoms with E-state index in [9.17, 15) is 13.2 Å². The first-order chi connectivity index (χ1) is 6.97. The molecule has 0 amide bonds. The van der Waals surface area contributed by atoms with E-state index in [1.165, 1.54) is 37.3 Å². The van der Waals surface area contributed by atoms with E-state index in [1.54, 1.807) is 0 Å². The molecule has 0 bridgehead atoms. The highest BCUT2D eigenvalue weighted by Crippen LogP contribution is 2.12. The highest BCUT2D eigenvalue weighted by atomic mass is 32.2. The lowest BCUT2D eigenvalue weighted by atomic mass is 10.2. The molecule has 1 aromatic carbocycles. The monoisotopic (exact) mass is 224 g/mol. The number of rotatable bonds is 4. The average Bonchev–Trinajstić information content (AvgIpc) is 2.18. The molecule has 0 aliphatic carbocycles. The molecule has 0 aromatic heterocycles. The number of Topliss-reactive ketones (excluding diaryl/α,β-unsaturated/α-hetero) is 1. The molecule has 1 aromatic rings. The lowest BCUT2D eigenvalue weighted by Gasteiger charge is -2.01. The van der Waals surface area contributed by atoms with Gasteiger partial charge in [-0.2, -0.15) is 0 Å². The quantitative estimate of drug-likeness (QED) is 0.579. The molecule has 0 fully saturated rings. The van der Waals surface area contributed by atoms with Gasteiger partial charge in [0.1, 0.15) is 0 Å². The minimum absolute atomic E-state index is 0.0809. The fraction of sp³-hybridized carbons (Fsp3) is 0.182.